The van der Waals surface area contributed by atoms with E-state index in [0.29, 0.717) is 0 Å². The van der Waals surface area contributed by atoms with Crippen LogP contribution in [0.4, 0.5) is 13.2 Å². The molecule has 1 N–H and O–H groups in total. The molecule has 1 aliphatic heterocycles. The number of hydrogen-bond acceptors (Lipinski definition) is 7. The summed E-state index contributed by atoms with van der Waals surface area (Å²) in [7, 11) is -8.39. The van der Waals surface area contributed by atoms with E-state index in [-0.39, 0.29) is 5.04 Å². The van der Waals surface area contributed by atoms with E-state index < -0.39 is 60.3 Å². The summed E-state index contributed by atoms with van der Waals surface area (Å²) in [6.07, 6.45) is -6.72. The van der Waals surface area contributed by atoms with E-state index >= 15 is 0 Å². The maximum atomic E-state index is 12.7. The lowest BCUT2D eigenvalue weighted by Gasteiger charge is -2.40. The molecule has 2 fully saturated rings. The highest BCUT2D eigenvalue weighted by Gasteiger charge is 2.64. The average Bonchev–Trinajstić information content (AvgIpc) is 2.83. The standard InChI is InChI=1S/C15H27F3O7SSi/c1-13(2,3)27(6,7)25-10-8(19)9(24-26(20,21)15(16,17)18)11-12(10)23-14(4,5)22-11/h8-12,19H,1-7H3/t8-,9-,10+,11-,12+/m0/s1. The largest absolute Gasteiger partial charge is 0.523 e. The van der Waals surface area contributed by atoms with E-state index in [1.807, 2.05) is 33.9 Å². The molecule has 0 spiro atoms. The predicted molar refractivity (Wildman–Crippen MR) is 91.7 cm³/mol. The van der Waals surface area contributed by atoms with E-state index in [4.69, 9.17) is 13.9 Å². The predicted octanol–water partition coefficient (Wildman–Crippen LogP) is 2.51. The maximum absolute atomic E-state index is 12.7. The minimum absolute atomic E-state index is 0.256. The second-order valence-corrected chi connectivity index (χ2v) is 15.2. The van der Waals surface area contributed by atoms with Gasteiger partial charge < -0.3 is 19.0 Å². The molecule has 2 rings (SSSR count). The van der Waals surface area contributed by atoms with Crippen LogP contribution >= 0.6 is 0 Å². The van der Waals surface area contributed by atoms with E-state index in [9.17, 15) is 26.7 Å². The van der Waals surface area contributed by atoms with Crippen molar-refractivity contribution < 1.29 is 44.8 Å². The Morgan fingerprint density at radius 1 is 1.04 bits per heavy atom. The molecule has 27 heavy (non-hydrogen) atoms. The van der Waals surface area contributed by atoms with Crippen LogP contribution in [0.3, 0.4) is 0 Å². The molecule has 0 bridgehead atoms. The van der Waals surface area contributed by atoms with E-state index in [2.05, 4.69) is 4.18 Å². The van der Waals surface area contributed by atoms with Crippen LogP contribution < -0.4 is 0 Å². The number of fused-ring (bicyclic) bond motifs is 1. The Kier molecular flexibility index (Phi) is 5.67. The van der Waals surface area contributed by atoms with Gasteiger partial charge in [-0.2, -0.15) is 21.6 Å². The SMILES string of the molecule is CC1(C)O[C@@H]2[C@H](O1)[C@H](O[Si](C)(C)C(C)(C)C)[C@@H](O)[C@@H]2OS(=O)(=O)C(F)(F)F. The fraction of sp³-hybridized carbons (Fsp3) is 1.00. The molecule has 2 aliphatic rings. The highest BCUT2D eigenvalue weighted by molar-refractivity contribution is 7.87. The third-order valence-corrected chi connectivity index (χ3v) is 10.8. The zero-order valence-corrected chi connectivity index (χ0v) is 18.1. The number of rotatable bonds is 4. The molecule has 0 aromatic rings. The number of alkyl halides is 3. The summed E-state index contributed by atoms with van der Waals surface area (Å²) in [6, 6.07) is 0. The molecule has 0 radical (unpaired) electrons. The molecule has 0 aromatic carbocycles. The van der Waals surface area contributed by atoms with E-state index in [1.54, 1.807) is 0 Å². The molecule has 0 aromatic heterocycles. The third kappa shape index (κ3) is 4.36. The first kappa shape index (κ1) is 23.0. The first-order valence-electron chi connectivity index (χ1n) is 8.50. The van der Waals surface area contributed by atoms with Gasteiger partial charge in [0.25, 0.3) is 0 Å². The molecule has 1 saturated heterocycles. The van der Waals surface area contributed by atoms with Gasteiger partial charge in [0, 0.05) is 0 Å². The Hall–Kier alpha value is -0.243. The van der Waals surface area contributed by atoms with Gasteiger partial charge in [0.05, 0.1) is 0 Å². The number of halogens is 3. The van der Waals surface area contributed by atoms with Crippen molar-refractivity contribution in [2.24, 2.45) is 0 Å². The first-order valence-corrected chi connectivity index (χ1v) is 12.8. The van der Waals surface area contributed by atoms with Gasteiger partial charge in [-0.15, -0.1) is 0 Å². The Labute approximate surface area is 158 Å². The van der Waals surface area contributed by atoms with Crippen LogP contribution in [0.2, 0.25) is 18.1 Å². The number of hydrogen-bond donors (Lipinski definition) is 1. The fourth-order valence-corrected chi connectivity index (χ4v) is 4.80. The summed E-state index contributed by atoms with van der Waals surface area (Å²) >= 11 is 0. The van der Waals surface area contributed by atoms with Crippen LogP contribution in [0, 0.1) is 0 Å². The van der Waals surface area contributed by atoms with Crippen LogP contribution in [0.15, 0.2) is 0 Å². The summed E-state index contributed by atoms with van der Waals surface area (Å²) in [5.41, 5.74) is -5.62. The topological polar surface area (TPSA) is 91.3 Å². The average molecular weight is 437 g/mol. The Morgan fingerprint density at radius 3 is 1.89 bits per heavy atom. The van der Waals surface area contributed by atoms with Gasteiger partial charge in [-0.25, -0.2) is 0 Å². The first-order chi connectivity index (χ1) is 11.8. The lowest BCUT2D eigenvalue weighted by Crippen LogP contribution is -2.50. The lowest BCUT2D eigenvalue weighted by molar-refractivity contribution is -0.185. The van der Waals surface area contributed by atoms with Crippen LogP contribution in [-0.4, -0.2) is 63.7 Å². The highest BCUT2D eigenvalue weighted by Crippen LogP contribution is 2.46. The van der Waals surface area contributed by atoms with Crippen molar-refractivity contribution in [2.45, 2.75) is 94.6 Å². The van der Waals surface area contributed by atoms with E-state index in [0.717, 1.165) is 0 Å². The highest BCUT2D eigenvalue weighted by atomic mass is 32.2. The molecule has 0 unspecified atom stereocenters. The van der Waals surface area contributed by atoms with Gasteiger partial charge in [-0.05, 0) is 32.0 Å². The summed E-state index contributed by atoms with van der Waals surface area (Å²) in [5, 5.41) is 10.3. The van der Waals surface area contributed by atoms with Crippen LogP contribution in [0.5, 0.6) is 0 Å². The Morgan fingerprint density at radius 2 is 1.48 bits per heavy atom. The van der Waals surface area contributed by atoms with Crippen molar-refractivity contribution in [2.75, 3.05) is 0 Å². The molecular formula is C15H27F3O7SSi. The Bertz CT molecular complexity index is 672. The molecule has 0 amide bonds. The number of ether oxygens (including phenoxy) is 2. The zero-order chi connectivity index (χ0) is 21.2. The quantitative estimate of drug-likeness (QED) is 0.411. The van der Waals surface area contributed by atoms with Crippen molar-refractivity contribution in [3.63, 3.8) is 0 Å². The second kappa shape index (κ2) is 6.64. The minimum atomic E-state index is -5.93. The number of aliphatic hydroxyl groups excluding tert-OH is 1. The van der Waals surface area contributed by atoms with Crippen molar-refractivity contribution >= 4 is 18.4 Å². The Balaban J connectivity index is 2.35. The normalized spacial score (nSPS) is 34.7. The molecule has 160 valence electrons. The van der Waals surface area contributed by atoms with Crippen molar-refractivity contribution in [3.8, 4) is 0 Å². The summed E-state index contributed by atoms with van der Waals surface area (Å²) in [5.74, 6) is -1.19. The van der Waals surface area contributed by atoms with Crippen molar-refractivity contribution in [1.29, 1.82) is 0 Å². The van der Waals surface area contributed by atoms with Gasteiger partial charge in [0.15, 0.2) is 14.1 Å². The molecule has 1 heterocycles. The van der Waals surface area contributed by atoms with Gasteiger partial charge in [-0.1, -0.05) is 20.8 Å². The molecule has 1 aliphatic carbocycles. The van der Waals surface area contributed by atoms with Crippen molar-refractivity contribution in [1.82, 2.24) is 0 Å². The van der Waals surface area contributed by atoms with Gasteiger partial charge >= 0.3 is 15.6 Å². The zero-order valence-electron chi connectivity index (χ0n) is 16.3. The monoisotopic (exact) mass is 436 g/mol. The van der Waals surface area contributed by atoms with Gasteiger partial charge in [0.1, 0.15) is 30.5 Å². The van der Waals surface area contributed by atoms with Crippen LogP contribution in [0.25, 0.3) is 0 Å². The molecule has 5 atom stereocenters. The lowest BCUT2D eigenvalue weighted by atomic mass is 10.2. The van der Waals surface area contributed by atoms with Crippen LogP contribution in [-0.2, 0) is 28.2 Å². The smallest absolute Gasteiger partial charge is 0.408 e. The maximum Gasteiger partial charge on any atom is 0.523 e. The molecule has 12 heteroatoms. The van der Waals surface area contributed by atoms with Gasteiger partial charge in [-0.3, -0.25) is 4.18 Å². The minimum Gasteiger partial charge on any atom is -0.408 e. The van der Waals surface area contributed by atoms with Crippen LogP contribution in [0.1, 0.15) is 34.6 Å². The fourth-order valence-electron chi connectivity index (χ4n) is 2.87. The van der Waals surface area contributed by atoms with E-state index in [1.165, 1.54) is 13.8 Å². The summed E-state index contributed by atoms with van der Waals surface area (Å²) < 4.78 is 82.9. The van der Waals surface area contributed by atoms with Gasteiger partial charge in [0.2, 0.25) is 0 Å². The number of aliphatic hydroxyl groups is 1. The third-order valence-electron chi connectivity index (χ3n) is 5.24. The van der Waals surface area contributed by atoms with Crippen molar-refractivity contribution in [3.05, 3.63) is 0 Å². The second-order valence-electron chi connectivity index (χ2n) is 8.86. The molecule has 1 saturated carbocycles. The molecule has 7 nitrogen and oxygen atoms in total. The summed E-state index contributed by atoms with van der Waals surface area (Å²) in [6.45, 7) is 12.7. The molecular weight excluding hydrogens is 409 g/mol. The summed E-state index contributed by atoms with van der Waals surface area (Å²) in [4.78, 5) is 0.